The lowest BCUT2D eigenvalue weighted by atomic mass is 10.1. The molecule has 9 nitrogen and oxygen atoms in total. The molecule has 3 aromatic rings. The summed E-state index contributed by atoms with van der Waals surface area (Å²) in [7, 11) is 1.51. The maximum atomic E-state index is 12.9. The number of aromatic nitrogens is 4. The molecule has 0 aliphatic heterocycles. The number of nitrogens with one attached hydrogen (secondary N) is 1. The van der Waals surface area contributed by atoms with Crippen molar-refractivity contribution < 1.29 is 14.3 Å². The Kier molecular flexibility index (Phi) is 6.56. The van der Waals surface area contributed by atoms with Crippen molar-refractivity contribution in [3.05, 3.63) is 47.3 Å². The number of hydrogen-bond donors (Lipinski definition) is 2. The molecule has 1 aromatic carbocycles. The Bertz CT molecular complexity index is 1130. The number of hydrogen-bond acceptors (Lipinski definition) is 5. The van der Waals surface area contributed by atoms with Crippen LogP contribution in [0.15, 0.2) is 30.4 Å². The summed E-state index contributed by atoms with van der Waals surface area (Å²) in [6, 6.07) is 4.88. The number of ether oxygens (including phenoxy) is 1. The SMILES string of the molecule is CCn1nc(C)cc1C(=O)Nc1nc2cc(C(N)=O)cc(OC)c2n1C/C=C/CBr. The molecule has 3 rings (SSSR count). The van der Waals surface area contributed by atoms with Gasteiger partial charge in [0.25, 0.3) is 5.91 Å². The third kappa shape index (κ3) is 4.23. The van der Waals surface area contributed by atoms with Crippen LogP contribution < -0.4 is 15.8 Å². The van der Waals surface area contributed by atoms with Gasteiger partial charge < -0.3 is 15.0 Å². The summed E-state index contributed by atoms with van der Waals surface area (Å²) in [5, 5.41) is 7.88. The standard InChI is InChI=1S/C20H23BrN6O3/c1-4-27-15(9-12(2)25-27)19(29)24-20-23-14-10-13(18(22)28)11-16(30-3)17(14)26(20)8-6-5-7-21/h5-6,9-11H,4,7-8H2,1-3H3,(H2,22,28)(H,23,24,29)/b6-5+. The summed E-state index contributed by atoms with van der Waals surface area (Å²) < 4.78 is 8.93. The molecule has 0 bridgehead atoms. The Balaban J connectivity index is 2.11. The van der Waals surface area contributed by atoms with Crippen molar-refractivity contribution in [3.8, 4) is 5.75 Å². The number of carbonyl (C=O) groups excluding carboxylic acids is 2. The van der Waals surface area contributed by atoms with Crippen LogP contribution in [0.4, 0.5) is 5.95 Å². The van der Waals surface area contributed by atoms with E-state index in [0.29, 0.717) is 46.8 Å². The predicted octanol–water partition coefficient (Wildman–Crippen LogP) is 2.87. The van der Waals surface area contributed by atoms with Crippen molar-refractivity contribution in [1.82, 2.24) is 19.3 Å². The molecule has 30 heavy (non-hydrogen) atoms. The first-order valence-corrected chi connectivity index (χ1v) is 10.5. The molecular formula is C20H23BrN6O3. The normalized spacial score (nSPS) is 11.3. The van der Waals surface area contributed by atoms with Crippen LogP contribution >= 0.6 is 15.9 Å². The molecule has 2 amide bonds. The fraction of sp³-hybridized carbons (Fsp3) is 0.300. The molecule has 2 aromatic heterocycles. The van der Waals surface area contributed by atoms with E-state index in [4.69, 9.17) is 10.5 Å². The summed E-state index contributed by atoms with van der Waals surface area (Å²) in [4.78, 5) is 29.2. The number of alkyl halides is 1. The first kappa shape index (κ1) is 21.6. The van der Waals surface area contributed by atoms with Gasteiger partial charge in [-0.3, -0.25) is 19.6 Å². The van der Waals surface area contributed by atoms with Gasteiger partial charge in [0.15, 0.2) is 0 Å². The summed E-state index contributed by atoms with van der Waals surface area (Å²) >= 11 is 3.36. The second kappa shape index (κ2) is 9.12. The molecular weight excluding hydrogens is 452 g/mol. The third-order valence-corrected chi connectivity index (χ3v) is 4.89. The lowest BCUT2D eigenvalue weighted by molar-refractivity contribution is 0.0995. The Morgan fingerprint density at radius 3 is 2.70 bits per heavy atom. The number of nitrogens with two attached hydrogens (primary N) is 1. The smallest absolute Gasteiger partial charge is 0.276 e. The quantitative estimate of drug-likeness (QED) is 0.384. The Morgan fingerprint density at radius 2 is 2.07 bits per heavy atom. The first-order valence-electron chi connectivity index (χ1n) is 9.34. The van der Waals surface area contributed by atoms with E-state index in [-0.39, 0.29) is 11.5 Å². The largest absolute Gasteiger partial charge is 0.494 e. The van der Waals surface area contributed by atoms with Crippen LogP contribution in [0.1, 0.15) is 33.5 Å². The van der Waals surface area contributed by atoms with Crippen LogP contribution in [-0.4, -0.2) is 43.6 Å². The molecule has 0 saturated heterocycles. The minimum atomic E-state index is -0.586. The lowest BCUT2D eigenvalue weighted by Crippen LogP contribution is -2.19. The number of allylic oxidation sites excluding steroid dienone is 2. The topological polar surface area (TPSA) is 117 Å². The zero-order valence-corrected chi connectivity index (χ0v) is 18.6. The van der Waals surface area contributed by atoms with Crippen molar-refractivity contribution in [2.45, 2.75) is 26.9 Å². The number of imidazole rings is 1. The average molecular weight is 475 g/mol. The van der Waals surface area contributed by atoms with E-state index in [2.05, 4.69) is 31.3 Å². The number of rotatable bonds is 8. The van der Waals surface area contributed by atoms with Crippen LogP contribution in [0.25, 0.3) is 11.0 Å². The molecule has 2 heterocycles. The van der Waals surface area contributed by atoms with Gasteiger partial charge in [-0.15, -0.1) is 0 Å². The molecule has 0 atom stereocenters. The number of nitrogens with zero attached hydrogens (tertiary/aromatic N) is 4. The highest BCUT2D eigenvalue weighted by Crippen LogP contribution is 2.31. The highest BCUT2D eigenvalue weighted by molar-refractivity contribution is 9.09. The molecule has 0 saturated carbocycles. The number of amides is 2. The minimum absolute atomic E-state index is 0.276. The third-order valence-electron chi connectivity index (χ3n) is 4.51. The number of methoxy groups -OCH3 is 1. The van der Waals surface area contributed by atoms with Crippen molar-refractivity contribution in [3.63, 3.8) is 0 Å². The molecule has 0 fully saturated rings. The molecule has 3 N–H and O–H groups in total. The number of anilines is 1. The molecule has 0 aliphatic rings. The highest BCUT2D eigenvalue weighted by atomic mass is 79.9. The van der Waals surface area contributed by atoms with Crippen LogP contribution in [0, 0.1) is 6.92 Å². The van der Waals surface area contributed by atoms with Crippen LogP contribution in [-0.2, 0) is 13.1 Å². The monoisotopic (exact) mass is 474 g/mol. The van der Waals surface area contributed by atoms with Crippen LogP contribution in [0.3, 0.4) is 0 Å². The maximum Gasteiger partial charge on any atom is 0.276 e. The zero-order valence-electron chi connectivity index (χ0n) is 17.0. The first-order chi connectivity index (χ1) is 14.4. The number of benzene rings is 1. The zero-order chi connectivity index (χ0) is 21.8. The molecule has 10 heteroatoms. The number of halogens is 1. The second-order valence-corrected chi connectivity index (χ2v) is 7.17. The van der Waals surface area contributed by atoms with Crippen molar-refractivity contribution in [2.24, 2.45) is 5.73 Å². The molecule has 0 spiro atoms. The van der Waals surface area contributed by atoms with Gasteiger partial charge in [-0.05, 0) is 32.0 Å². The summed E-state index contributed by atoms with van der Waals surface area (Å²) in [5.74, 6) is -0.143. The van der Waals surface area contributed by atoms with Gasteiger partial charge in [-0.2, -0.15) is 5.10 Å². The fourth-order valence-electron chi connectivity index (χ4n) is 3.18. The van der Waals surface area contributed by atoms with Gasteiger partial charge in [-0.25, -0.2) is 4.98 Å². The fourth-order valence-corrected chi connectivity index (χ4v) is 3.44. The molecule has 0 radical (unpaired) electrons. The van der Waals surface area contributed by atoms with Gasteiger partial charge >= 0.3 is 0 Å². The van der Waals surface area contributed by atoms with Gasteiger partial charge in [0, 0.05) is 24.0 Å². The van der Waals surface area contributed by atoms with Crippen LogP contribution in [0.2, 0.25) is 0 Å². The average Bonchev–Trinajstić information content (AvgIpc) is 3.27. The van der Waals surface area contributed by atoms with Crippen LogP contribution in [0.5, 0.6) is 5.75 Å². The Morgan fingerprint density at radius 1 is 1.30 bits per heavy atom. The Hall–Kier alpha value is -3.14. The van der Waals surface area contributed by atoms with E-state index in [9.17, 15) is 9.59 Å². The summed E-state index contributed by atoms with van der Waals surface area (Å²) in [6.07, 6.45) is 3.88. The van der Waals surface area contributed by atoms with E-state index in [1.165, 1.54) is 7.11 Å². The van der Waals surface area contributed by atoms with E-state index in [1.54, 1.807) is 22.9 Å². The number of carbonyl (C=O) groups is 2. The van der Waals surface area contributed by atoms with Crippen molar-refractivity contribution >= 4 is 44.7 Å². The van der Waals surface area contributed by atoms with Gasteiger partial charge in [-0.1, -0.05) is 28.1 Å². The van der Waals surface area contributed by atoms with E-state index in [0.717, 1.165) is 5.69 Å². The summed E-state index contributed by atoms with van der Waals surface area (Å²) in [5.41, 5.74) is 8.05. The summed E-state index contributed by atoms with van der Waals surface area (Å²) in [6.45, 7) is 4.76. The number of aryl methyl sites for hydroxylation is 2. The molecule has 158 valence electrons. The highest BCUT2D eigenvalue weighted by Gasteiger charge is 2.21. The minimum Gasteiger partial charge on any atom is -0.494 e. The van der Waals surface area contributed by atoms with E-state index >= 15 is 0 Å². The molecule has 0 unspecified atom stereocenters. The number of primary amides is 1. The number of fused-ring (bicyclic) bond motifs is 1. The van der Waals surface area contributed by atoms with Gasteiger partial charge in [0.1, 0.15) is 17.0 Å². The molecule has 0 aliphatic carbocycles. The predicted molar refractivity (Wildman–Crippen MR) is 118 cm³/mol. The Labute approximate surface area is 182 Å². The second-order valence-electron chi connectivity index (χ2n) is 6.52. The maximum absolute atomic E-state index is 12.9. The van der Waals surface area contributed by atoms with E-state index < -0.39 is 5.91 Å². The van der Waals surface area contributed by atoms with Crippen molar-refractivity contribution in [2.75, 3.05) is 17.8 Å². The van der Waals surface area contributed by atoms with E-state index in [1.807, 2.05) is 30.6 Å². The van der Waals surface area contributed by atoms with Gasteiger partial charge in [0.2, 0.25) is 11.9 Å². The van der Waals surface area contributed by atoms with Crippen molar-refractivity contribution in [1.29, 1.82) is 0 Å². The van der Waals surface area contributed by atoms with Gasteiger partial charge in [0.05, 0.1) is 18.3 Å². The lowest BCUT2D eigenvalue weighted by Gasteiger charge is -2.11.